The third-order valence-electron chi connectivity index (χ3n) is 0.644. The van der Waals surface area contributed by atoms with Crippen LogP contribution in [0.5, 0.6) is 0 Å². The van der Waals surface area contributed by atoms with Crippen LogP contribution < -0.4 is 0 Å². The SMILES string of the molecule is C=C1C=CS(=O)(=O)O1. The Labute approximate surface area is 47.4 Å². The molecular weight excluding hydrogens is 128 g/mol. The smallest absolute Gasteiger partial charge is 0.332 e. The fourth-order valence-electron chi connectivity index (χ4n) is 0.364. The molecule has 8 heavy (non-hydrogen) atoms. The van der Waals surface area contributed by atoms with Crippen molar-refractivity contribution in [3.8, 4) is 0 Å². The van der Waals surface area contributed by atoms with Crippen molar-refractivity contribution >= 4 is 10.1 Å². The van der Waals surface area contributed by atoms with E-state index in [2.05, 4.69) is 10.8 Å². The Morgan fingerprint density at radius 1 is 1.62 bits per heavy atom. The van der Waals surface area contributed by atoms with Gasteiger partial charge in [-0.3, -0.25) is 0 Å². The van der Waals surface area contributed by atoms with E-state index in [0.29, 0.717) is 0 Å². The fourth-order valence-corrected chi connectivity index (χ4v) is 1.09. The van der Waals surface area contributed by atoms with Gasteiger partial charge in [-0.25, -0.2) is 0 Å². The van der Waals surface area contributed by atoms with Gasteiger partial charge in [0.25, 0.3) is 0 Å². The highest BCUT2D eigenvalue weighted by Gasteiger charge is 2.13. The van der Waals surface area contributed by atoms with E-state index in [1.54, 1.807) is 0 Å². The van der Waals surface area contributed by atoms with Crippen LogP contribution in [0.25, 0.3) is 0 Å². The van der Waals surface area contributed by atoms with Crippen LogP contribution in [-0.2, 0) is 14.3 Å². The van der Waals surface area contributed by atoms with Crippen molar-refractivity contribution < 1.29 is 12.6 Å². The summed E-state index contributed by atoms with van der Waals surface area (Å²) in [7, 11) is -3.38. The molecule has 44 valence electrons. The molecule has 0 N–H and O–H groups in total. The average Bonchev–Trinajstić information content (AvgIpc) is 1.82. The van der Waals surface area contributed by atoms with E-state index >= 15 is 0 Å². The van der Waals surface area contributed by atoms with Crippen molar-refractivity contribution in [3.63, 3.8) is 0 Å². The molecule has 0 fully saturated rings. The summed E-state index contributed by atoms with van der Waals surface area (Å²) in [5.41, 5.74) is 0. The summed E-state index contributed by atoms with van der Waals surface area (Å²) in [6.07, 6.45) is 1.30. The highest BCUT2D eigenvalue weighted by molar-refractivity contribution is 7.90. The Morgan fingerprint density at radius 2 is 2.25 bits per heavy atom. The standard InChI is InChI=1S/C4H4O3S/c1-4-2-3-8(5,6)7-4/h2-3H,1H2. The maximum Gasteiger partial charge on any atom is 0.332 e. The normalized spacial score (nSPS) is 23.2. The van der Waals surface area contributed by atoms with Crippen LogP contribution in [0.4, 0.5) is 0 Å². The van der Waals surface area contributed by atoms with Crippen molar-refractivity contribution in [2.45, 2.75) is 0 Å². The predicted molar refractivity (Wildman–Crippen MR) is 28.3 cm³/mol. The molecule has 0 aromatic rings. The van der Waals surface area contributed by atoms with Crippen LogP contribution in [0.2, 0.25) is 0 Å². The summed E-state index contributed by atoms with van der Waals surface area (Å²) in [5, 5.41) is 0.968. The molecule has 0 spiro atoms. The second-order valence-corrected chi connectivity index (χ2v) is 2.77. The van der Waals surface area contributed by atoms with Gasteiger partial charge < -0.3 is 4.18 Å². The lowest BCUT2D eigenvalue weighted by molar-refractivity contribution is 0.439. The number of allylic oxidation sites excluding steroid dienone is 1. The topological polar surface area (TPSA) is 43.4 Å². The van der Waals surface area contributed by atoms with Gasteiger partial charge in [-0.15, -0.1) is 0 Å². The molecule has 0 saturated heterocycles. The van der Waals surface area contributed by atoms with Gasteiger partial charge in [0.05, 0.1) is 5.41 Å². The highest BCUT2D eigenvalue weighted by atomic mass is 32.2. The van der Waals surface area contributed by atoms with Gasteiger partial charge in [0.1, 0.15) is 5.76 Å². The van der Waals surface area contributed by atoms with Crippen LogP contribution >= 0.6 is 0 Å². The van der Waals surface area contributed by atoms with Crippen LogP contribution in [0.1, 0.15) is 0 Å². The second kappa shape index (κ2) is 1.35. The second-order valence-electron chi connectivity index (χ2n) is 1.35. The first kappa shape index (κ1) is 5.37. The molecule has 0 aromatic heterocycles. The number of hydrogen-bond donors (Lipinski definition) is 0. The van der Waals surface area contributed by atoms with Gasteiger partial charge in [0.15, 0.2) is 0 Å². The zero-order chi connectivity index (χ0) is 6.20. The maximum absolute atomic E-state index is 10.3. The Hall–Kier alpha value is -0.770. The first-order chi connectivity index (χ1) is 3.60. The molecule has 0 saturated carbocycles. The zero-order valence-corrected chi connectivity index (χ0v) is 4.81. The Bertz CT molecular complexity index is 234. The predicted octanol–water partition coefficient (Wildman–Crippen LogP) is 0.374. The Morgan fingerprint density at radius 3 is 2.38 bits per heavy atom. The van der Waals surface area contributed by atoms with E-state index in [1.807, 2.05) is 0 Å². The van der Waals surface area contributed by atoms with Crippen molar-refractivity contribution in [3.05, 3.63) is 23.8 Å². The lowest BCUT2D eigenvalue weighted by Gasteiger charge is -1.89. The largest absolute Gasteiger partial charge is 0.380 e. The summed E-state index contributed by atoms with van der Waals surface area (Å²) < 4.78 is 24.8. The van der Waals surface area contributed by atoms with E-state index < -0.39 is 10.1 Å². The maximum atomic E-state index is 10.3. The third kappa shape index (κ3) is 0.894. The van der Waals surface area contributed by atoms with Crippen molar-refractivity contribution in [2.75, 3.05) is 0 Å². The van der Waals surface area contributed by atoms with E-state index in [0.717, 1.165) is 5.41 Å². The Balaban J connectivity index is 3.06. The van der Waals surface area contributed by atoms with Gasteiger partial charge in [-0.2, -0.15) is 8.42 Å². The van der Waals surface area contributed by atoms with Crippen molar-refractivity contribution in [2.24, 2.45) is 0 Å². The minimum Gasteiger partial charge on any atom is -0.380 e. The van der Waals surface area contributed by atoms with E-state index in [-0.39, 0.29) is 5.76 Å². The van der Waals surface area contributed by atoms with Crippen LogP contribution in [0.3, 0.4) is 0 Å². The molecule has 3 nitrogen and oxygen atoms in total. The monoisotopic (exact) mass is 132 g/mol. The minimum atomic E-state index is -3.38. The fraction of sp³-hybridized carbons (Fsp3) is 0. The molecule has 1 rings (SSSR count). The van der Waals surface area contributed by atoms with Crippen LogP contribution in [0, 0.1) is 0 Å². The molecule has 0 amide bonds. The third-order valence-corrected chi connectivity index (χ3v) is 1.56. The van der Waals surface area contributed by atoms with Gasteiger partial charge in [-0.1, -0.05) is 6.58 Å². The lowest BCUT2D eigenvalue weighted by Crippen LogP contribution is -1.91. The summed E-state index contributed by atoms with van der Waals surface area (Å²) in [5.74, 6) is 0.171. The molecule has 1 aliphatic rings. The average molecular weight is 132 g/mol. The molecule has 1 aliphatic heterocycles. The molecule has 4 heteroatoms. The zero-order valence-electron chi connectivity index (χ0n) is 3.99. The minimum absolute atomic E-state index is 0.171. The summed E-state index contributed by atoms with van der Waals surface area (Å²) in [6.45, 7) is 3.26. The Kier molecular flexibility index (Phi) is 0.907. The number of rotatable bonds is 0. The first-order valence-electron chi connectivity index (χ1n) is 1.92. The molecule has 0 aromatic carbocycles. The molecule has 1 heterocycles. The highest BCUT2D eigenvalue weighted by Crippen LogP contribution is 2.12. The lowest BCUT2D eigenvalue weighted by atomic mass is 10.6. The van der Waals surface area contributed by atoms with Gasteiger partial charge in [-0.05, 0) is 6.08 Å². The van der Waals surface area contributed by atoms with Gasteiger partial charge in [0.2, 0.25) is 0 Å². The molecule has 0 unspecified atom stereocenters. The van der Waals surface area contributed by atoms with Crippen molar-refractivity contribution in [1.82, 2.24) is 0 Å². The molecule has 0 aliphatic carbocycles. The molecule has 0 bridgehead atoms. The van der Waals surface area contributed by atoms with Crippen LogP contribution in [0.15, 0.2) is 23.8 Å². The molecule has 0 radical (unpaired) electrons. The van der Waals surface area contributed by atoms with Crippen LogP contribution in [-0.4, -0.2) is 8.42 Å². The number of hydrogen-bond acceptors (Lipinski definition) is 3. The van der Waals surface area contributed by atoms with Gasteiger partial charge >= 0.3 is 10.1 Å². The summed E-state index contributed by atoms with van der Waals surface area (Å²) in [4.78, 5) is 0. The first-order valence-corrected chi connectivity index (χ1v) is 3.39. The quantitative estimate of drug-likeness (QED) is 0.447. The van der Waals surface area contributed by atoms with E-state index in [9.17, 15) is 8.42 Å². The summed E-state index contributed by atoms with van der Waals surface area (Å²) in [6, 6.07) is 0. The van der Waals surface area contributed by atoms with Gasteiger partial charge in [0, 0.05) is 0 Å². The van der Waals surface area contributed by atoms with E-state index in [1.165, 1.54) is 6.08 Å². The summed E-state index contributed by atoms with van der Waals surface area (Å²) >= 11 is 0. The molecular formula is C4H4O3S. The van der Waals surface area contributed by atoms with Crippen molar-refractivity contribution in [1.29, 1.82) is 0 Å². The van der Waals surface area contributed by atoms with E-state index in [4.69, 9.17) is 0 Å². The molecule has 0 atom stereocenters.